The third kappa shape index (κ3) is 7.49. The molecule has 0 unspecified atom stereocenters. The van der Waals surface area contributed by atoms with Crippen LogP contribution in [0.3, 0.4) is 0 Å². The van der Waals surface area contributed by atoms with Gasteiger partial charge in [-0.05, 0) is 25.7 Å². The molecule has 5 heteroatoms. The van der Waals surface area contributed by atoms with Gasteiger partial charge in [0.1, 0.15) is 0 Å². The van der Waals surface area contributed by atoms with Crippen molar-refractivity contribution in [2.75, 3.05) is 12.3 Å². The van der Waals surface area contributed by atoms with Gasteiger partial charge in [-0.15, -0.1) is 0 Å². The molecule has 1 aromatic heterocycles. The van der Waals surface area contributed by atoms with E-state index >= 15 is 0 Å². The fraction of sp³-hybridized carbons (Fsp3) is 0.714. The smallest absolute Gasteiger partial charge is 0.219 e. The van der Waals surface area contributed by atoms with E-state index in [9.17, 15) is 4.79 Å². The van der Waals surface area contributed by atoms with Crippen molar-refractivity contribution in [3.05, 3.63) is 11.9 Å². The van der Waals surface area contributed by atoms with Crippen molar-refractivity contribution >= 4 is 11.9 Å². The summed E-state index contributed by atoms with van der Waals surface area (Å²) in [6, 6.07) is 0. The van der Waals surface area contributed by atoms with Crippen LogP contribution in [-0.4, -0.2) is 22.4 Å². The van der Waals surface area contributed by atoms with Gasteiger partial charge in [0.15, 0.2) is 5.95 Å². The number of carbonyl (C=O) groups is 1. The van der Waals surface area contributed by atoms with E-state index in [1.54, 1.807) is 6.20 Å². The van der Waals surface area contributed by atoms with Gasteiger partial charge < -0.3 is 16.0 Å². The van der Waals surface area contributed by atoms with Crippen LogP contribution in [0.25, 0.3) is 0 Å². The monoisotopic (exact) mass is 266 g/mol. The lowest BCUT2D eigenvalue weighted by molar-refractivity contribution is -0.121. The number of H-pyrrole nitrogens is 1. The molecule has 0 aliphatic heterocycles. The Hall–Kier alpha value is -1.52. The summed E-state index contributed by atoms with van der Waals surface area (Å²) in [5, 5.41) is 2.97. The van der Waals surface area contributed by atoms with Gasteiger partial charge in [0, 0.05) is 18.7 Å². The van der Waals surface area contributed by atoms with Gasteiger partial charge in [0.2, 0.25) is 5.91 Å². The molecule has 1 rings (SSSR count). The number of rotatable bonds is 10. The number of amides is 1. The first-order valence-corrected chi connectivity index (χ1v) is 7.28. The van der Waals surface area contributed by atoms with Crippen LogP contribution in [0.1, 0.15) is 57.6 Å². The van der Waals surface area contributed by atoms with Crippen LogP contribution in [0.15, 0.2) is 6.20 Å². The summed E-state index contributed by atoms with van der Waals surface area (Å²) in [4.78, 5) is 18.5. The van der Waals surface area contributed by atoms with Crippen LogP contribution in [0.5, 0.6) is 0 Å². The molecule has 5 nitrogen and oxygen atoms in total. The Labute approximate surface area is 115 Å². The van der Waals surface area contributed by atoms with E-state index in [0.29, 0.717) is 12.4 Å². The zero-order valence-electron chi connectivity index (χ0n) is 11.9. The van der Waals surface area contributed by atoms with E-state index in [2.05, 4.69) is 22.2 Å². The van der Waals surface area contributed by atoms with E-state index in [0.717, 1.165) is 37.9 Å². The summed E-state index contributed by atoms with van der Waals surface area (Å²) in [6.45, 7) is 3.00. The number of nitrogens with one attached hydrogen (secondary N) is 2. The first kappa shape index (κ1) is 15.5. The Morgan fingerprint density at radius 1 is 1.32 bits per heavy atom. The van der Waals surface area contributed by atoms with Crippen LogP contribution >= 0.6 is 0 Å². The molecule has 1 heterocycles. The molecule has 0 aromatic carbocycles. The fourth-order valence-corrected chi connectivity index (χ4v) is 1.97. The summed E-state index contributed by atoms with van der Waals surface area (Å²) in [6.07, 6.45) is 9.92. The lowest BCUT2D eigenvalue weighted by Crippen LogP contribution is -2.23. The van der Waals surface area contributed by atoms with Crippen molar-refractivity contribution in [3.63, 3.8) is 0 Å². The predicted octanol–water partition coefficient (Wildman–Crippen LogP) is 2.40. The summed E-state index contributed by atoms with van der Waals surface area (Å²) in [5.74, 6) is 0.625. The van der Waals surface area contributed by atoms with Gasteiger partial charge in [0.25, 0.3) is 0 Å². The molecule has 0 atom stereocenters. The van der Waals surface area contributed by atoms with Gasteiger partial charge in [0.05, 0.1) is 6.20 Å². The second-order valence-corrected chi connectivity index (χ2v) is 4.91. The first-order chi connectivity index (χ1) is 9.22. The SMILES string of the molecule is CCCCCCNC(=O)CCCCc1cnc(N)[nH]1. The maximum Gasteiger partial charge on any atom is 0.219 e. The maximum absolute atomic E-state index is 11.5. The summed E-state index contributed by atoms with van der Waals surface area (Å²) < 4.78 is 0. The highest BCUT2D eigenvalue weighted by Gasteiger charge is 2.02. The molecular formula is C14H26N4O. The minimum Gasteiger partial charge on any atom is -0.369 e. The second-order valence-electron chi connectivity index (χ2n) is 4.91. The highest BCUT2D eigenvalue weighted by atomic mass is 16.1. The van der Waals surface area contributed by atoms with E-state index < -0.39 is 0 Å². The van der Waals surface area contributed by atoms with E-state index in [4.69, 9.17) is 5.73 Å². The quantitative estimate of drug-likeness (QED) is 0.569. The molecule has 0 radical (unpaired) electrons. The molecule has 1 aromatic rings. The average molecular weight is 266 g/mol. The molecule has 108 valence electrons. The Bertz CT molecular complexity index is 362. The molecular weight excluding hydrogens is 240 g/mol. The van der Waals surface area contributed by atoms with Gasteiger partial charge in [-0.2, -0.15) is 0 Å². The molecule has 4 N–H and O–H groups in total. The molecule has 19 heavy (non-hydrogen) atoms. The summed E-state index contributed by atoms with van der Waals surface area (Å²) >= 11 is 0. The van der Waals surface area contributed by atoms with Crippen LogP contribution in [-0.2, 0) is 11.2 Å². The molecule has 0 aliphatic carbocycles. The number of hydrogen-bond donors (Lipinski definition) is 3. The van der Waals surface area contributed by atoms with Crippen molar-refractivity contribution in [2.24, 2.45) is 0 Å². The van der Waals surface area contributed by atoms with Gasteiger partial charge >= 0.3 is 0 Å². The molecule has 0 bridgehead atoms. The molecule has 0 fully saturated rings. The standard InChI is InChI=1S/C14H26N4O/c1-2-3-4-7-10-16-13(19)9-6-5-8-12-11-17-14(15)18-12/h11H,2-10H2,1H3,(H,16,19)(H3,15,17,18). The largest absolute Gasteiger partial charge is 0.369 e. The van der Waals surface area contributed by atoms with Crippen molar-refractivity contribution in [3.8, 4) is 0 Å². The zero-order valence-corrected chi connectivity index (χ0v) is 11.9. The van der Waals surface area contributed by atoms with Crippen LogP contribution in [0, 0.1) is 0 Å². The lowest BCUT2D eigenvalue weighted by Gasteiger charge is -2.04. The number of carbonyl (C=O) groups excluding carboxylic acids is 1. The molecule has 1 amide bonds. The van der Waals surface area contributed by atoms with E-state index in [-0.39, 0.29) is 5.91 Å². The van der Waals surface area contributed by atoms with Crippen molar-refractivity contribution in [1.29, 1.82) is 0 Å². The number of aromatic nitrogens is 2. The highest BCUT2D eigenvalue weighted by Crippen LogP contribution is 2.05. The van der Waals surface area contributed by atoms with Crippen LogP contribution in [0.4, 0.5) is 5.95 Å². The van der Waals surface area contributed by atoms with Gasteiger partial charge in [-0.25, -0.2) is 4.98 Å². The second kappa shape index (κ2) is 9.42. The fourth-order valence-electron chi connectivity index (χ4n) is 1.97. The third-order valence-corrected chi connectivity index (χ3v) is 3.10. The van der Waals surface area contributed by atoms with E-state index in [1.807, 2.05) is 0 Å². The minimum absolute atomic E-state index is 0.167. The number of aromatic amines is 1. The van der Waals surface area contributed by atoms with Crippen LogP contribution in [0.2, 0.25) is 0 Å². The summed E-state index contributed by atoms with van der Waals surface area (Å²) in [7, 11) is 0. The van der Waals surface area contributed by atoms with Gasteiger partial charge in [-0.3, -0.25) is 4.79 Å². The Kier molecular flexibility index (Phi) is 7.70. The minimum atomic E-state index is 0.167. The van der Waals surface area contributed by atoms with Crippen molar-refractivity contribution < 1.29 is 4.79 Å². The first-order valence-electron chi connectivity index (χ1n) is 7.28. The molecule has 0 aliphatic rings. The molecule has 0 spiro atoms. The maximum atomic E-state index is 11.5. The normalized spacial score (nSPS) is 10.6. The number of anilines is 1. The van der Waals surface area contributed by atoms with Crippen LogP contribution < -0.4 is 11.1 Å². The Morgan fingerprint density at radius 3 is 2.84 bits per heavy atom. The number of nitrogens with zero attached hydrogens (tertiary/aromatic N) is 1. The zero-order chi connectivity index (χ0) is 13.9. The van der Waals surface area contributed by atoms with E-state index in [1.165, 1.54) is 19.3 Å². The predicted molar refractivity (Wildman–Crippen MR) is 77.7 cm³/mol. The number of unbranched alkanes of at least 4 members (excludes halogenated alkanes) is 4. The van der Waals surface area contributed by atoms with Crippen molar-refractivity contribution in [2.45, 2.75) is 58.3 Å². The van der Waals surface area contributed by atoms with Crippen molar-refractivity contribution in [1.82, 2.24) is 15.3 Å². The lowest BCUT2D eigenvalue weighted by atomic mass is 10.1. The molecule has 0 saturated carbocycles. The Balaban J connectivity index is 1.95. The van der Waals surface area contributed by atoms with Gasteiger partial charge in [-0.1, -0.05) is 26.2 Å². The topological polar surface area (TPSA) is 83.8 Å². The number of nitrogens with two attached hydrogens (primary N) is 1. The summed E-state index contributed by atoms with van der Waals surface area (Å²) in [5.41, 5.74) is 6.53. The highest BCUT2D eigenvalue weighted by molar-refractivity contribution is 5.75. The number of aryl methyl sites for hydroxylation is 1. The molecule has 0 saturated heterocycles. The number of nitrogen functional groups attached to an aromatic ring is 1. The average Bonchev–Trinajstić information content (AvgIpc) is 2.80. The Morgan fingerprint density at radius 2 is 2.16 bits per heavy atom. The third-order valence-electron chi connectivity index (χ3n) is 3.10. The number of hydrogen-bond acceptors (Lipinski definition) is 3. The number of imidazole rings is 1.